The van der Waals surface area contributed by atoms with Crippen LogP contribution in [0.15, 0.2) is 48.5 Å². The molecule has 2 amide bonds. The van der Waals surface area contributed by atoms with Gasteiger partial charge in [-0.05, 0) is 47.9 Å². The van der Waals surface area contributed by atoms with E-state index in [9.17, 15) is 19.5 Å². The molecule has 34 heavy (non-hydrogen) atoms. The molecule has 178 valence electrons. The molecule has 5 rings (SSSR count). The molecule has 2 aromatic rings. The third-order valence-electron chi connectivity index (χ3n) is 7.56. The fraction of sp³-hybridized carbons (Fsp3) is 0.444. The van der Waals surface area contributed by atoms with E-state index in [2.05, 4.69) is 29.6 Å². The van der Waals surface area contributed by atoms with Crippen molar-refractivity contribution in [3.8, 4) is 11.1 Å². The van der Waals surface area contributed by atoms with E-state index >= 15 is 0 Å². The van der Waals surface area contributed by atoms with Crippen molar-refractivity contribution in [1.29, 1.82) is 0 Å². The first-order valence-electron chi connectivity index (χ1n) is 12.2. The van der Waals surface area contributed by atoms with E-state index in [-0.39, 0.29) is 36.9 Å². The standard InChI is InChI=1S/C27H30N2O5/c30-25(29-14-6-7-17(15-29)26(31)32)22-12-5-13-24(22)28-27(33)34-16-23-20-10-3-1-8-18(20)19-9-2-4-11-21(19)23/h1-4,8-11,17,22-24H,5-7,12-16H2,(H,28,33)(H,31,32)/t17-,22?,24?/m0/s1. The molecule has 7 heteroatoms. The molecular formula is C27H30N2O5. The number of carboxylic acid groups (broad SMARTS) is 1. The van der Waals surface area contributed by atoms with Gasteiger partial charge in [0.1, 0.15) is 6.61 Å². The number of carbonyl (C=O) groups is 3. The molecule has 7 nitrogen and oxygen atoms in total. The average Bonchev–Trinajstić information content (AvgIpc) is 3.44. The first-order valence-corrected chi connectivity index (χ1v) is 12.2. The van der Waals surface area contributed by atoms with Gasteiger partial charge in [0.15, 0.2) is 0 Å². The van der Waals surface area contributed by atoms with E-state index in [0.717, 1.165) is 24.0 Å². The van der Waals surface area contributed by atoms with Crippen LogP contribution in [0.1, 0.15) is 49.1 Å². The van der Waals surface area contributed by atoms with Crippen LogP contribution < -0.4 is 5.32 Å². The number of benzene rings is 2. The predicted octanol–water partition coefficient (Wildman–Crippen LogP) is 4.02. The van der Waals surface area contributed by atoms with Gasteiger partial charge in [-0.15, -0.1) is 0 Å². The minimum Gasteiger partial charge on any atom is -0.481 e. The topological polar surface area (TPSA) is 95.9 Å². The Labute approximate surface area is 199 Å². The zero-order chi connectivity index (χ0) is 23.7. The van der Waals surface area contributed by atoms with Gasteiger partial charge >= 0.3 is 12.1 Å². The molecule has 1 aliphatic heterocycles. The van der Waals surface area contributed by atoms with Crippen LogP contribution in [0, 0.1) is 11.8 Å². The molecule has 0 radical (unpaired) electrons. The minimum atomic E-state index is -0.850. The second kappa shape index (κ2) is 9.49. The number of likely N-dealkylation sites (tertiary alicyclic amines) is 1. The number of rotatable bonds is 5. The van der Waals surface area contributed by atoms with Crippen LogP contribution in [-0.4, -0.2) is 53.7 Å². The van der Waals surface area contributed by atoms with E-state index in [0.29, 0.717) is 25.8 Å². The number of nitrogens with one attached hydrogen (secondary N) is 1. The van der Waals surface area contributed by atoms with E-state index in [4.69, 9.17) is 4.74 Å². The third kappa shape index (κ3) is 4.27. The SMILES string of the molecule is O=C(NC1CCCC1C(=O)N1CCC[C@H](C(=O)O)C1)OCC1c2ccccc2-c2ccccc21. The Kier molecular flexibility index (Phi) is 6.26. The smallest absolute Gasteiger partial charge is 0.407 e. The van der Waals surface area contributed by atoms with Gasteiger partial charge in [-0.2, -0.15) is 0 Å². The van der Waals surface area contributed by atoms with E-state index in [1.54, 1.807) is 4.90 Å². The van der Waals surface area contributed by atoms with Crippen LogP contribution in [0.5, 0.6) is 0 Å². The van der Waals surface area contributed by atoms with Crippen molar-refractivity contribution < 1.29 is 24.2 Å². The maximum Gasteiger partial charge on any atom is 0.407 e. The fourth-order valence-electron chi connectivity index (χ4n) is 5.83. The lowest BCUT2D eigenvalue weighted by atomic mass is 9.95. The summed E-state index contributed by atoms with van der Waals surface area (Å²) in [7, 11) is 0. The Balaban J connectivity index is 1.20. The summed E-state index contributed by atoms with van der Waals surface area (Å²) in [5.41, 5.74) is 4.66. The van der Waals surface area contributed by atoms with Crippen molar-refractivity contribution in [3.05, 3.63) is 59.7 Å². The lowest BCUT2D eigenvalue weighted by Gasteiger charge is -2.34. The molecule has 2 N–H and O–H groups in total. The van der Waals surface area contributed by atoms with Gasteiger partial charge in [-0.1, -0.05) is 55.0 Å². The van der Waals surface area contributed by atoms with Crippen LogP contribution in [0.25, 0.3) is 11.1 Å². The van der Waals surface area contributed by atoms with Crippen LogP contribution >= 0.6 is 0 Å². The summed E-state index contributed by atoms with van der Waals surface area (Å²) in [6.07, 6.45) is 3.05. The van der Waals surface area contributed by atoms with Gasteiger partial charge in [0, 0.05) is 25.0 Å². The zero-order valence-electron chi connectivity index (χ0n) is 19.1. The molecule has 2 aromatic carbocycles. The second-order valence-corrected chi connectivity index (χ2v) is 9.58. The number of alkyl carbamates (subject to hydrolysis) is 1. The van der Waals surface area contributed by atoms with Crippen LogP contribution in [0.3, 0.4) is 0 Å². The van der Waals surface area contributed by atoms with Crippen molar-refractivity contribution in [3.63, 3.8) is 0 Å². The number of carboxylic acids is 1. The number of carbonyl (C=O) groups excluding carboxylic acids is 2. The van der Waals surface area contributed by atoms with Gasteiger partial charge in [-0.25, -0.2) is 4.79 Å². The van der Waals surface area contributed by atoms with Crippen LogP contribution in [0.4, 0.5) is 4.79 Å². The third-order valence-corrected chi connectivity index (χ3v) is 7.56. The summed E-state index contributed by atoms with van der Waals surface area (Å²) in [5, 5.41) is 12.3. The minimum absolute atomic E-state index is 0.0135. The lowest BCUT2D eigenvalue weighted by Crippen LogP contribution is -2.49. The molecule has 2 unspecified atom stereocenters. The molecule has 1 heterocycles. The van der Waals surface area contributed by atoms with Crippen molar-refractivity contribution >= 4 is 18.0 Å². The first-order chi connectivity index (χ1) is 16.5. The highest BCUT2D eigenvalue weighted by Gasteiger charge is 2.39. The van der Waals surface area contributed by atoms with Gasteiger partial charge < -0.3 is 20.1 Å². The zero-order valence-corrected chi connectivity index (χ0v) is 19.1. The van der Waals surface area contributed by atoms with Gasteiger partial charge in [0.05, 0.1) is 11.8 Å². The summed E-state index contributed by atoms with van der Waals surface area (Å²) < 4.78 is 5.67. The number of fused-ring (bicyclic) bond motifs is 3. The molecule has 2 fully saturated rings. The van der Waals surface area contributed by atoms with Gasteiger partial charge in [0.2, 0.25) is 5.91 Å². The molecule has 0 bridgehead atoms. The van der Waals surface area contributed by atoms with E-state index in [1.165, 1.54) is 11.1 Å². The fourth-order valence-corrected chi connectivity index (χ4v) is 5.83. The van der Waals surface area contributed by atoms with Gasteiger partial charge in [0.25, 0.3) is 0 Å². The Bertz CT molecular complexity index is 1050. The summed E-state index contributed by atoms with van der Waals surface area (Å²) in [5.74, 6) is -1.74. The predicted molar refractivity (Wildman–Crippen MR) is 126 cm³/mol. The highest BCUT2D eigenvalue weighted by atomic mass is 16.5. The van der Waals surface area contributed by atoms with Crippen LogP contribution in [-0.2, 0) is 14.3 Å². The van der Waals surface area contributed by atoms with Crippen molar-refractivity contribution in [2.45, 2.75) is 44.1 Å². The van der Waals surface area contributed by atoms with Crippen molar-refractivity contribution in [2.75, 3.05) is 19.7 Å². The van der Waals surface area contributed by atoms with E-state index in [1.807, 2.05) is 24.3 Å². The molecule has 3 aliphatic rings. The number of aliphatic carboxylic acids is 1. The molecular weight excluding hydrogens is 432 g/mol. The van der Waals surface area contributed by atoms with Crippen molar-refractivity contribution in [1.82, 2.24) is 10.2 Å². The quantitative estimate of drug-likeness (QED) is 0.700. The van der Waals surface area contributed by atoms with Crippen LogP contribution in [0.2, 0.25) is 0 Å². The summed E-state index contributed by atoms with van der Waals surface area (Å²) >= 11 is 0. The highest BCUT2D eigenvalue weighted by molar-refractivity contribution is 5.82. The number of piperidine rings is 1. The van der Waals surface area contributed by atoms with E-state index < -0.39 is 18.0 Å². The Hall–Kier alpha value is -3.35. The Morgan fingerprint density at radius 1 is 0.941 bits per heavy atom. The van der Waals surface area contributed by atoms with Gasteiger partial charge in [-0.3, -0.25) is 9.59 Å². The molecule has 0 aromatic heterocycles. The molecule has 3 atom stereocenters. The second-order valence-electron chi connectivity index (χ2n) is 9.58. The monoisotopic (exact) mass is 462 g/mol. The molecule has 0 spiro atoms. The largest absolute Gasteiger partial charge is 0.481 e. The Morgan fingerprint density at radius 2 is 1.62 bits per heavy atom. The maximum absolute atomic E-state index is 13.1. The summed E-state index contributed by atoms with van der Waals surface area (Å²) in [6.45, 7) is 1.07. The molecule has 1 saturated carbocycles. The molecule has 1 saturated heterocycles. The number of nitrogens with zero attached hydrogens (tertiary/aromatic N) is 1. The lowest BCUT2D eigenvalue weighted by molar-refractivity contribution is -0.146. The normalized spacial score (nSPS) is 23.8. The number of hydrogen-bond donors (Lipinski definition) is 2. The highest BCUT2D eigenvalue weighted by Crippen LogP contribution is 2.44. The molecule has 2 aliphatic carbocycles. The number of amides is 2. The number of hydrogen-bond acceptors (Lipinski definition) is 4. The average molecular weight is 463 g/mol. The number of ether oxygens (including phenoxy) is 1. The Morgan fingerprint density at radius 3 is 2.29 bits per heavy atom. The summed E-state index contributed by atoms with van der Waals surface area (Å²) in [6, 6.07) is 16.1. The summed E-state index contributed by atoms with van der Waals surface area (Å²) in [4.78, 5) is 38.9. The maximum atomic E-state index is 13.1. The van der Waals surface area contributed by atoms with Crippen molar-refractivity contribution in [2.24, 2.45) is 11.8 Å². The first kappa shape index (κ1) is 22.4.